The molecule has 4 rings (SSSR count). The van der Waals surface area contributed by atoms with Gasteiger partial charge in [0.25, 0.3) is 0 Å². The molecule has 0 bridgehead atoms. The predicted octanol–water partition coefficient (Wildman–Crippen LogP) is 3.51. The zero-order chi connectivity index (χ0) is 18.0. The minimum Gasteiger partial charge on any atom is -0.378 e. The Labute approximate surface area is 156 Å². The SMILES string of the molecule is Cc1cc(N2CCOCC2)ccc1NC(=O)C1(C2CCCCO2)CCC1. The van der Waals surface area contributed by atoms with E-state index in [1.807, 2.05) is 6.07 Å². The summed E-state index contributed by atoms with van der Waals surface area (Å²) in [5.41, 5.74) is 2.93. The van der Waals surface area contributed by atoms with Crippen molar-refractivity contribution in [3.8, 4) is 0 Å². The maximum Gasteiger partial charge on any atom is 0.233 e. The van der Waals surface area contributed by atoms with E-state index in [1.165, 1.54) is 12.1 Å². The summed E-state index contributed by atoms with van der Waals surface area (Å²) in [5.74, 6) is 0.151. The van der Waals surface area contributed by atoms with Gasteiger partial charge in [0.15, 0.2) is 0 Å². The molecule has 2 saturated heterocycles. The van der Waals surface area contributed by atoms with Gasteiger partial charge in [-0.2, -0.15) is 0 Å². The fourth-order valence-corrected chi connectivity index (χ4v) is 4.48. The highest BCUT2D eigenvalue weighted by Crippen LogP contribution is 2.48. The van der Waals surface area contributed by atoms with Crippen LogP contribution < -0.4 is 10.2 Å². The molecular weight excluding hydrogens is 328 g/mol. The van der Waals surface area contributed by atoms with Crippen molar-refractivity contribution in [1.29, 1.82) is 0 Å². The largest absolute Gasteiger partial charge is 0.378 e. The average molecular weight is 358 g/mol. The Morgan fingerprint density at radius 2 is 1.96 bits per heavy atom. The molecule has 142 valence electrons. The monoisotopic (exact) mass is 358 g/mol. The van der Waals surface area contributed by atoms with Gasteiger partial charge in [-0.3, -0.25) is 4.79 Å². The third-order valence-electron chi connectivity index (χ3n) is 6.33. The number of hydrogen-bond donors (Lipinski definition) is 1. The normalized spacial score (nSPS) is 25.4. The summed E-state index contributed by atoms with van der Waals surface area (Å²) in [7, 11) is 0. The predicted molar refractivity (Wildman–Crippen MR) is 103 cm³/mol. The molecule has 2 heterocycles. The van der Waals surface area contributed by atoms with Crippen LogP contribution in [0.25, 0.3) is 0 Å². The van der Waals surface area contributed by atoms with Crippen LogP contribution in [0.3, 0.4) is 0 Å². The van der Waals surface area contributed by atoms with E-state index in [0.29, 0.717) is 0 Å². The van der Waals surface area contributed by atoms with Gasteiger partial charge in [0.05, 0.1) is 24.7 Å². The van der Waals surface area contributed by atoms with Crippen LogP contribution in [-0.4, -0.2) is 44.9 Å². The van der Waals surface area contributed by atoms with E-state index in [9.17, 15) is 4.79 Å². The quantitative estimate of drug-likeness (QED) is 0.895. The van der Waals surface area contributed by atoms with Crippen LogP contribution in [0, 0.1) is 12.3 Å². The van der Waals surface area contributed by atoms with Crippen molar-refractivity contribution < 1.29 is 14.3 Å². The molecule has 1 aliphatic carbocycles. The van der Waals surface area contributed by atoms with E-state index in [4.69, 9.17) is 9.47 Å². The van der Waals surface area contributed by atoms with Crippen LogP contribution in [0.4, 0.5) is 11.4 Å². The number of amides is 1. The molecule has 1 aromatic rings. The summed E-state index contributed by atoms with van der Waals surface area (Å²) < 4.78 is 11.4. The molecule has 1 saturated carbocycles. The lowest BCUT2D eigenvalue weighted by molar-refractivity contribution is -0.151. The highest BCUT2D eigenvalue weighted by atomic mass is 16.5. The third kappa shape index (κ3) is 3.35. The summed E-state index contributed by atoms with van der Waals surface area (Å²) >= 11 is 0. The van der Waals surface area contributed by atoms with Gasteiger partial charge in [-0.1, -0.05) is 6.42 Å². The van der Waals surface area contributed by atoms with Crippen molar-refractivity contribution in [2.45, 2.75) is 51.6 Å². The Balaban J connectivity index is 1.46. The number of aryl methyl sites for hydroxylation is 1. The molecule has 3 fully saturated rings. The molecule has 1 unspecified atom stereocenters. The topological polar surface area (TPSA) is 50.8 Å². The Morgan fingerprint density at radius 1 is 1.15 bits per heavy atom. The van der Waals surface area contributed by atoms with E-state index in [2.05, 4.69) is 29.3 Å². The minimum atomic E-state index is -0.310. The van der Waals surface area contributed by atoms with Crippen LogP contribution in [0.1, 0.15) is 44.1 Å². The Hall–Kier alpha value is -1.59. The fourth-order valence-electron chi connectivity index (χ4n) is 4.48. The first kappa shape index (κ1) is 17.8. The van der Waals surface area contributed by atoms with E-state index in [0.717, 1.165) is 76.3 Å². The molecule has 0 spiro atoms. The third-order valence-corrected chi connectivity index (χ3v) is 6.33. The summed E-state index contributed by atoms with van der Waals surface area (Å²) in [6.45, 7) is 6.28. The van der Waals surface area contributed by atoms with Crippen molar-refractivity contribution in [2.75, 3.05) is 43.1 Å². The van der Waals surface area contributed by atoms with E-state index < -0.39 is 0 Å². The van der Waals surface area contributed by atoms with Crippen molar-refractivity contribution in [3.05, 3.63) is 23.8 Å². The highest BCUT2D eigenvalue weighted by molar-refractivity contribution is 5.97. The van der Waals surface area contributed by atoms with Gasteiger partial charge >= 0.3 is 0 Å². The Bertz CT molecular complexity index is 645. The smallest absolute Gasteiger partial charge is 0.233 e. The molecule has 3 aliphatic rings. The highest BCUT2D eigenvalue weighted by Gasteiger charge is 2.51. The molecular formula is C21H30N2O3. The number of hydrogen-bond acceptors (Lipinski definition) is 4. The van der Waals surface area contributed by atoms with Crippen LogP contribution in [-0.2, 0) is 14.3 Å². The first-order valence-electron chi connectivity index (χ1n) is 10.1. The van der Waals surface area contributed by atoms with Crippen molar-refractivity contribution in [2.24, 2.45) is 5.41 Å². The van der Waals surface area contributed by atoms with E-state index in [-0.39, 0.29) is 17.4 Å². The lowest BCUT2D eigenvalue weighted by Crippen LogP contribution is -2.52. The second kappa shape index (κ2) is 7.57. The standard InChI is InChI=1S/C21H30N2O3/c1-16-15-17(23-10-13-25-14-11-23)6-7-18(16)22-20(24)21(8-4-9-21)19-5-2-3-12-26-19/h6-7,15,19H,2-5,8-14H2,1H3,(H,22,24). The lowest BCUT2D eigenvalue weighted by atomic mass is 9.63. The Morgan fingerprint density at radius 3 is 2.58 bits per heavy atom. The summed E-state index contributed by atoms with van der Waals surface area (Å²) in [6.07, 6.45) is 6.44. The summed E-state index contributed by atoms with van der Waals surface area (Å²) in [4.78, 5) is 15.5. The molecule has 1 N–H and O–H groups in total. The number of nitrogens with zero attached hydrogens (tertiary/aromatic N) is 1. The number of nitrogens with one attached hydrogen (secondary N) is 1. The van der Waals surface area contributed by atoms with Crippen LogP contribution in [0.5, 0.6) is 0 Å². The molecule has 2 aliphatic heterocycles. The fraction of sp³-hybridized carbons (Fsp3) is 0.667. The molecule has 1 atom stereocenters. The number of morpholine rings is 1. The maximum atomic E-state index is 13.1. The number of rotatable bonds is 4. The zero-order valence-electron chi connectivity index (χ0n) is 15.8. The van der Waals surface area contributed by atoms with Crippen LogP contribution in [0.15, 0.2) is 18.2 Å². The minimum absolute atomic E-state index is 0.0953. The van der Waals surface area contributed by atoms with Crippen molar-refractivity contribution >= 4 is 17.3 Å². The van der Waals surface area contributed by atoms with Gasteiger partial charge < -0.3 is 19.7 Å². The lowest BCUT2D eigenvalue weighted by Gasteiger charge is -2.47. The number of ether oxygens (including phenoxy) is 2. The molecule has 5 nitrogen and oxygen atoms in total. The first-order valence-corrected chi connectivity index (χ1v) is 10.1. The zero-order valence-corrected chi connectivity index (χ0v) is 15.8. The van der Waals surface area contributed by atoms with Gasteiger partial charge in [0.2, 0.25) is 5.91 Å². The van der Waals surface area contributed by atoms with Gasteiger partial charge in [-0.25, -0.2) is 0 Å². The molecule has 0 aromatic heterocycles. The van der Waals surface area contributed by atoms with E-state index in [1.54, 1.807) is 0 Å². The average Bonchev–Trinajstić information content (AvgIpc) is 2.64. The molecule has 0 radical (unpaired) electrons. The van der Waals surface area contributed by atoms with Gasteiger partial charge in [0.1, 0.15) is 0 Å². The molecule has 5 heteroatoms. The molecule has 1 aromatic carbocycles. The molecule has 1 amide bonds. The van der Waals surface area contributed by atoms with E-state index >= 15 is 0 Å². The van der Waals surface area contributed by atoms with Gasteiger partial charge in [-0.05, 0) is 62.8 Å². The van der Waals surface area contributed by atoms with Crippen molar-refractivity contribution in [1.82, 2.24) is 0 Å². The second-order valence-corrected chi connectivity index (χ2v) is 7.92. The number of carbonyl (C=O) groups is 1. The Kier molecular flexibility index (Phi) is 5.18. The maximum absolute atomic E-state index is 13.1. The van der Waals surface area contributed by atoms with Crippen LogP contribution in [0.2, 0.25) is 0 Å². The van der Waals surface area contributed by atoms with Gasteiger partial charge in [0, 0.05) is 31.1 Å². The van der Waals surface area contributed by atoms with Crippen molar-refractivity contribution in [3.63, 3.8) is 0 Å². The second-order valence-electron chi connectivity index (χ2n) is 7.92. The van der Waals surface area contributed by atoms with Crippen LogP contribution >= 0.6 is 0 Å². The number of carbonyl (C=O) groups excluding carboxylic acids is 1. The first-order chi connectivity index (χ1) is 12.7. The summed E-state index contributed by atoms with van der Waals surface area (Å²) in [5, 5.41) is 3.22. The summed E-state index contributed by atoms with van der Waals surface area (Å²) in [6, 6.07) is 6.33. The number of anilines is 2. The number of benzene rings is 1. The van der Waals surface area contributed by atoms with Gasteiger partial charge in [-0.15, -0.1) is 0 Å². The molecule has 26 heavy (non-hydrogen) atoms.